The smallest absolute Gasteiger partial charge is 0.247 e. The number of thioether (sulfide) groups is 1. The molecule has 6 atom stereocenters. The van der Waals surface area contributed by atoms with Crippen LogP contribution in [0.15, 0.2) is 55.6 Å². The summed E-state index contributed by atoms with van der Waals surface area (Å²) < 4.78 is -1.21. The van der Waals surface area contributed by atoms with Gasteiger partial charge in [0.15, 0.2) is 0 Å². The number of benzene rings is 1. The Balaban J connectivity index is 1.83. The van der Waals surface area contributed by atoms with Crippen LogP contribution in [0.1, 0.15) is 53.4 Å². The van der Waals surface area contributed by atoms with E-state index >= 15 is 0 Å². The molecule has 218 valence electrons. The maximum Gasteiger partial charge on any atom is 0.247 e. The topological polar surface area (TPSA) is 81.2 Å². The lowest BCUT2D eigenvalue weighted by atomic mass is 9.66. The molecule has 3 amide bonds. The summed E-state index contributed by atoms with van der Waals surface area (Å²) in [6.45, 7) is 16.9. The van der Waals surface area contributed by atoms with E-state index in [-0.39, 0.29) is 30.2 Å². The highest BCUT2D eigenvalue weighted by Gasteiger charge is 2.78. The highest BCUT2D eigenvalue weighted by molar-refractivity contribution is 8.02. The van der Waals surface area contributed by atoms with Gasteiger partial charge < -0.3 is 19.8 Å². The van der Waals surface area contributed by atoms with Gasteiger partial charge in [0.05, 0.1) is 29.2 Å². The minimum Gasteiger partial charge on any atom is -0.394 e. The number of aliphatic hydroxyl groups is 1. The Morgan fingerprint density at radius 2 is 1.82 bits per heavy atom. The van der Waals surface area contributed by atoms with Crippen LogP contribution >= 0.6 is 11.8 Å². The molecule has 0 aliphatic carbocycles. The monoisotopic (exact) mass is 567 g/mol. The van der Waals surface area contributed by atoms with E-state index in [9.17, 15) is 19.5 Å². The van der Waals surface area contributed by atoms with Gasteiger partial charge in [0.25, 0.3) is 0 Å². The number of unbranched alkanes of at least 4 members (excludes halogenated alkanes) is 1. The molecular weight excluding hydrogens is 522 g/mol. The second-order valence-corrected chi connectivity index (χ2v) is 13.9. The Morgan fingerprint density at radius 1 is 1.15 bits per heavy atom. The molecule has 8 heteroatoms. The largest absolute Gasteiger partial charge is 0.394 e. The number of nitrogens with zero attached hydrogens (tertiary/aromatic N) is 3. The molecule has 7 nitrogen and oxygen atoms in total. The molecule has 3 aliphatic rings. The molecule has 3 saturated heterocycles. The first-order valence-corrected chi connectivity index (χ1v) is 15.4. The summed E-state index contributed by atoms with van der Waals surface area (Å²) in [6.07, 6.45) is 6.66. The van der Waals surface area contributed by atoms with Crippen LogP contribution in [0.5, 0.6) is 0 Å². The average Bonchev–Trinajstić information content (AvgIpc) is 3.50. The van der Waals surface area contributed by atoms with Crippen molar-refractivity contribution in [3.63, 3.8) is 0 Å². The number of para-hydroxylation sites is 1. The van der Waals surface area contributed by atoms with E-state index < -0.39 is 33.4 Å². The van der Waals surface area contributed by atoms with E-state index in [2.05, 4.69) is 27.0 Å². The fraction of sp³-hybridized carbons (Fsp3) is 0.594. The third-order valence-corrected chi connectivity index (χ3v) is 11.1. The van der Waals surface area contributed by atoms with E-state index in [0.717, 1.165) is 24.9 Å². The standard InChI is InChI=1S/C32H45N3O4S/c1-7-10-20-33(18-8-2)30(39)27-32-17-16-31(6,40-32)25(26(32)29(38)35(27)24(21-36)22(4)5)28(37)34(19-9-3)23-14-12-11-13-15-23/h8-9,11-15,22,24-27,36H,2-3,7,10,16-21H2,1,4-6H3/t24-,25+,26-,27?,31-,32?/m0/s1. The second-order valence-electron chi connectivity index (χ2n) is 12.0. The van der Waals surface area contributed by atoms with E-state index in [1.54, 1.807) is 33.7 Å². The number of amides is 3. The number of aliphatic hydroxyl groups excluding tert-OH is 1. The third kappa shape index (κ3) is 4.91. The fourth-order valence-corrected chi connectivity index (χ4v) is 9.52. The zero-order chi connectivity index (χ0) is 29.2. The minimum absolute atomic E-state index is 0.0588. The zero-order valence-corrected chi connectivity index (χ0v) is 25.2. The minimum atomic E-state index is -0.740. The Labute approximate surface area is 243 Å². The van der Waals surface area contributed by atoms with Crippen molar-refractivity contribution in [3.8, 4) is 0 Å². The number of carbonyl (C=O) groups is 3. The highest BCUT2D eigenvalue weighted by atomic mass is 32.2. The first kappa shape index (κ1) is 30.4. The van der Waals surface area contributed by atoms with Crippen molar-refractivity contribution >= 4 is 35.2 Å². The number of fused-ring (bicyclic) bond motifs is 1. The molecule has 40 heavy (non-hydrogen) atoms. The normalized spacial score (nSPS) is 29.4. The molecule has 2 unspecified atom stereocenters. The predicted molar refractivity (Wildman–Crippen MR) is 162 cm³/mol. The van der Waals surface area contributed by atoms with Gasteiger partial charge in [-0.15, -0.1) is 24.9 Å². The summed E-state index contributed by atoms with van der Waals surface area (Å²) in [5.74, 6) is -1.67. The average molecular weight is 568 g/mol. The van der Waals surface area contributed by atoms with Gasteiger partial charge in [0.1, 0.15) is 6.04 Å². The van der Waals surface area contributed by atoms with Crippen LogP contribution in [0.3, 0.4) is 0 Å². The van der Waals surface area contributed by atoms with E-state index in [4.69, 9.17) is 0 Å². The van der Waals surface area contributed by atoms with Crippen molar-refractivity contribution < 1.29 is 19.5 Å². The van der Waals surface area contributed by atoms with Gasteiger partial charge in [-0.05, 0) is 44.2 Å². The maximum absolute atomic E-state index is 14.6. The number of hydrogen-bond acceptors (Lipinski definition) is 5. The molecule has 0 saturated carbocycles. The van der Waals surface area contributed by atoms with Gasteiger partial charge in [-0.3, -0.25) is 14.4 Å². The van der Waals surface area contributed by atoms with Crippen molar-refractivity contribution in [1.82, 2.24) is 9.80 Å². The van der Waals surface area contributed by atoms with Crippen molar-refractivity contribution in [2.45, 2.75) is 75.0 Å². The van der Waals surface area contributed by atoms with Crippen LogP contribution in [0.25, 0.3) is 0 Å². The van der Waals surface area contributed by atoms with Gasteiger partial charge in [0.2, 0.25) is 17.7 Å². The Bertz CT molecular complexity index is 1130. The number of rotatable bonds is 13. The first-order valence-electron chi connectivity index (χ1n) is 14.6. The molecule has 3 aliphatic heterocycles. The lowest BCUT2D eigenvalue weighted by Crippen LogP contribution is -2.58. The molecule has 3 heterocycles. The number of anilines is 1. The summed E-state index contributed by atoms with van der Waals surface area (Å²) in [4.78, 5) is 48.8. The molecule has 2 bridgehead atoms. The quantitative estimate of drug-likeness (QED) is 0.355. The fourth-order valence-electron chi connectivity index (χ4n) is 7.19. The van der Waals surface area contributed by atoms with E-state index in [0.29, 0.717) is 26.1 Å². The first-order chi connectivity index (χ1) is 19.1. The summed E-state index contributed by atoms with van der Waals surface area (Å²) in [6, 6.07) is 8.25. The molecule has 0 radical (unpaired) electrons. The number of hydrogen-bond donors (Lipinski definition) is 1. The van der Waals surface area contributed by atoms with E-state index in [1.165, 1.54) is 0 Å². The molecule has 1 aromatic carbocycles. The Morgan fingerprint density at radius 3 is 2.40 bits per heavy atom. The number of likely N-dealkylation sites (tertiary alicyclic amines) is 1. The van der Waals surface area contributed by atoms with E-state index in [1.807, 2.05) is 49.1 Å². The second kappa shape index (κ2) is 12.1. The van der Waals surface area contributed by atoms with Gasteiger partial charge in [-0.1, -0.05) is 57.5 Å². The molecular formula is C32H45N3O4S. The van der Waals surface area contributed by atoms with Gasteiger partial charge in [-0.25, -0.2) is 0 Å². The van der Waals surface area contributed by atoms with Crippen LogP contribution in [-0.4, -0.2) is 80.4 Å². The van der Waals surface area contributed by atoms with Crippen molar-refractivity contribution in [2.75, 3.05) is 31.1 Å². The summed E-state index contributed by atoms with van der Waals surface area (Å²) in [5, 5.41) is 10.5. The number of carbonyl (C=O) groups excluding carboxylic acids is 3. The lowest BCUT2D eigenvalue weighted by molar-refractivity contribution is -0.146. The molecule has 1 aromatic rings. The summed E-state index contributed by atoms with van der Waals surface area (Å²) in [5.41, 5.74) is 0.764. The SMILES string of the molecule is C=CCN(CCCC)C(=O)C1N([C@@H](CO)C(C)C)C(=O)[C@@H]2[C@H](C(=O)N(CC=C)c3ccccc3)[C@]3(C)CCC12S3. The van der Waals surface area contributed by atoms with Crippen LogP contribution in [0, 0.1) is 17.8 Å². The third-order valence-electron chi connectivity index (χ3n) is 9.12. The van der Waals surface area contributed by atoms with Crippen molar-refractivity contribution in [1.29, 1.82) is 0 Å². The van der Waals surface area contributed by atoms with Crippen LogP contribution in [-0.2, 0) is 14.4 Å². The van der Waals surface area contributed by atoms with Gasteiger partial charge in [0, 0.05) is 30.1 Å². The molecule has 3 fully saturated rings. The van der Waals surface area contributed by atoms with Gasteiger partial charge >= 0.3 is 0 Å². The lowest BCUT2D eigenvalue weighted by Gasteiger charge is -2.40. The summed E-state index contributed by atoms with van der Waals surface area (Å²) >= 11 is 1.67. The Hall–Kier alpha value is -2.58. The van der Waals surface area contributed by atoms with Crippen molar-refractivity contribution in [3.05, 3.63) is 55.6 Å². The molecule has 1 N–H and O–H groups in total. The zero-order valence-electron chi connectivity index (χ0n) is 24.4. The van der Waals surface area contributed by atoms with Crippen LogP contribution < -0.4 is 4.90 Å². The van der Waals surface area contributed by atoms with Crippen molar-refractivity contribution in [2.24, 2.45) is 17.8 Å². The highest BCUT2D eigenvalue weighted by Crippen LogP contribution is 2.72. The summed E-state index contributed by atoms with van der Waals surface area (Å²) in [7, 11) is 0. The van der Waals surface area contributed by atoms with Crippen LogP contribution in [0.2, 0.25) is 0 Å². The molecule has 4 rings (SSSR count). The Kier molecular flexibility index (Phi) is 9.20. The van der Waals surface area contributed by atoms with Crippen LogP contribution in [0.4, 0.5) is 5.69 Å². The molecule has 0 aromatic heterocycles. The maximum atomic E-state index is 14.6. The predicted octanol–water partition coefficient (Wildman–Crippen LogP) is 4.52. The molecule has 1 spiro atoms. The van der Waals surface area contributed by atoms with Gasteiger partial charge in [-0.2, -0.15) is 0 Å².